The molecule has 0 unspecified atom stereocenters. The van der Waals surface area contributed by atoms with Crippen molar-refractivity contribution in [3.8, 4) is 22.9 Å². The zero-order valence-corrected chi connectivity index (χ0v) is 20.8. The average molecular weight is 467 g/mol. The van der Waals surface area contributed by atoms with E-state index in [4.69, 9.17) is 9.47 Å². The van der Waals surface area contributed by atoms with E-state index in [9.17, 15) is 5.26 Å². The molecular formula is C31H34N2O2. The molecule has 0 spiro atoms. The minimum Gasteiger partial charge on any atom is -0.491 e. The standard InChI is InChI=1S/C31H34N2O2/c1-24-20-28(23-33-16-7-4-8-17-33)31(35-19-18-34-2)21-27(24)15-14-26-12-9-13-29(30(26)22-32)25-10-5-3-6-11-25/h3,5-6,9-15,20-21H,4,7-8,16-19,23H2,1-2H3/b15-14+. The molecule has 180 valence electrons. The average Bonchev–Trinajstić information content (AvgIpc) is 2.90. The van der Waals surface area contributed by atoms with Gasteiger partial charge in [0.05, 0.1) is 12.2 Å². The van der Waals surface area contributed by atoms with Crippen molar-refractivity contribution in [3.63, 3.8) is 0 Å². The number of nitriles is 1. The fraction of sp³-hybridized carbons (Fsp3) is 0.323. The van der Waals surface area contributed by atoms with E-state index in [0.29, 0.717) is 18.8 Å². The van der Waals surface area contributed by atoms with Crippen LogP contribution in [-0.2, 0) is 11.3 Å². The smallest absolute Gasteiger partial charge is 0.124 e. The quantitative estimate of drug-likeness (QED) is 0.260. The topological polar surface area (TPSA) is 45.5 Å². The molecule has 0 atom stereocenters. The molecule has 3 aromatic rings. The maximum Gasteiger partial charge on any atom is 0.124 e. The molecule has 4 rings (SSSR count). The molecule has 0 bridgehead atoms. The number of ether oxygens (including phenoxy) is 2. The van der Waals surface area contributed by atoms with Crippen LogP contribution in [0, 0.1) is 18.3 Å². The number of benzene rings is 3. The van der Waals surface area contributed by atoms with E-state index < -0.39 is 0 Å². The first-order valence-electron chi connectivity index (χ1n) is 12.4. The molecule has 4 nitrogen and oxygen atoms in total. The van der Waals surface area contributed by atoms with Crippen molar-refractivity contribution in [2.45, 2.75) is 32.7 Å². The monoisotopic (exact) mass is 466 g/mol. The van der Waals surface area contributed by atoms with Gasteiger partial charge in [0.15, 0.2) is 0 Å². The van der Waals surface area contributed by atoms with Gasteiger partial charge in [0, 0.05) is 24.8 Å². The van der Waals surface area contributed by atoms with Gasteiger partial charge in [-0.1, -0.05) is 73.2 Å². The van der Waals surface area contributed by atoms with Crippen LogP contribution in [0.3, 0.4) is 0 Å². The Labute approximate surface area is 209 Å². The summed E-state index contributed by atoms with van der Waals surface area (Å²) >= 11 is 0. The molecule has 0 aliphatic carbocycles. The van der Waals surface area contributed by atoms with Crippen molar-refractivity contribution >= 4 is 12.2 Å². The van der Waals surface area contributed by atoms with Crippen LogP contribution in [0.15, 0.2) is 60.7 Å². The summed E-state index contributed by atoms with van der Waals surface area (Å²) in [6.07, 6.45) is 7.99. The van der Waals surface area contributed by atoms with E-state index in [0.717, 1.165) is 47.6 Å². The SMILES string of the molecule is COCCOc1cc(/C=C/c2cccc(-c3ccccc3)c2C#N)c(C)cc1CN1CCCCC1. The van der Waals surface area contributed by atoms with Gasteiger partial charge in [0.1, 0.15) is 18.4 Å². The summed E-state index contributed by atoms with van der Waals surface area (Å²) in [6.45, 7) is 6.42. The first-order valence-corrected chi connectivity index (χ1v) is 12.4. The van der Waals surface area contributed by atoms with Crippen molar-refractivity contribution in [1.29, 1.82) is 5.26 Å². The van der Waals surface area contributed by atoms with E-state index in [2.05, 4.69) is 36.1 Å². The van der Waals surface area contributed by atoms with Gasteiger partial charge in [-0.2, -0.15) is 5.26 Å². The van der Waals surface area contributed by atoms with Crippen LogP contribution >= 0.6 is 0 Å². The number of rotatable bonds is 9. The first kappa shape index (κ1) is 24.7. The van der Waals surface area contributed by atoms with Gasteiger partial charge in [-0.05, 0) is 61.2 Å². The first-order chi connectivity index (χ1) is 17.2. The second-order valence-corrected chi connectivity index (χ2v) is 9.08. The number of methoxy groups -OCH3 is 1. The summed E-state index contributed by atoms with van der Waals surface area (Å²) in [5.41, 5.74) is 7.11. The lowest BCUT2D eigenvalue weighted by molar-refractivity contribution is 0.144. The number of hydrogen-bond acceptors (Lipinski definition) is 4. The van der Waals surface area contributed by atoms with Gasteiger partial charge in [-0.3, -0.25) is 4.90 Å². The van der Waals surface area contributed by atoms with Crippen molar-refractivity contribution in [3.05, 3.63) is 88.5 Å². The van der Waals surface area contributed by atoms with Crippen LogP contribution in [-0.4, -0.2) is 38.3 Å². The normalized spacial score (nSPS) is 14.2. The summed E-state index contributed by atoms with van der Waals surface area (Å²) < 4.78 is 11.4. The van der Waals surface area contributed by atoms with E-state index in [1.54, 1.807) is 7.11 Å². The Morgan fingerprint density at radius 1 is 0.914 bits per heavy atom. The van der Waals surface area contributed by atoms with E-state index in [-0.39, 0.29) is 0 Å². The van der Waals surface area contributed by atoms with Crippen LogP contribution in [0.25, 0.3) is 23.3 Å². The summed E-state index contributed by atoms with van der Waals surface area (Å²) in [5.74, 6) is 0.913. The molecule has 1 fully saturated rings. The minimum atomic E-state index is 0.521. The number of hydrogen-bond donors (Lipinski definition) is 0. The second-order valence-electron chi connectivity index (χ2n) is 9.08. The Hall–Kier alpha value is -3.39. The molecule has 1 heterocycles. The predicted molar refractivity (Wildman–Crippen MR) is 143 cm³/mol. The number of likely N-dealkylation sites (tertiary alicyclic amines) is 1. The molecular weight excluding hydrogens is 432 g/mol. The van der Waals surface area contributed by atoms with Crippen molar-refractivity contribution < 1.29 is 9.47 Å². The number of aryl methyl sites for hydroxylation is 1. The molecule has 35 heavy (non-hydrogen) atoms. The fourth-order valence-electron chi connectivity index (χ4n) is 4.67. The van der Waals surface area contributed by atoms with Gasteiger partial charge in [0.2, 0.25) is 0 Å². The molecule has 0 amide bonds. The Morgan fingerprint density at radius 2 is 1.69 bits per heavy atom. The van der Waals surface area contributed by atoms with Crippen LogP contribution in [0.1, 0.15) is 47.1 Å². The maximum absolute atomic E-state index is 9.95. The molecule has 0 radical (unpaired) electrons. The van der Waals surface area contributed by atoms with Gasteiger partial charge in [-0.25, -0.2) is 0 Å². The highest BCUT2D eigenvalue weighted by molar-refractivity contribution is 5.81. The Kier molecular flexibility index (Phi) is 8.73. The molecule has 3 aromatic carbocycles. The molecule has 4 heteroatoms. The third-order valence-corrected chi connectivity index (χ3v) is 6.57. The van der Waals surface area contributed by atoms with Crippen LogP contribution in [0.4, 0.5) is 0 Å². The van der Waals surface area contributed by atoms with Crippen molar-refractivity contribution in [1.82, 2.24) is 4.90 Å². The molecule has 0 N–H and O–H groups in total. The third kappa shape index (κ3) is 6.39. The van der Waals surface area contributed by atoms with E-state index in [1.165, 1.54) is 30.4 Å². The largest absolute Gasteiger partial charge is 0.491 e. The van der Waals surface area contributed by atoms with Gasteiger partial charge in [0.25, 0.3) is 0 Å². The molecule has 1 saturated heterocycles. The Bertz CT molecular complexity index is 1190. The lowest BCUT2D eigenvalue weighted by Gasteiger charge is -2.27. The van der Waals surface area contributed by atoms with Gasteiger partial charge >= 0.3 is 0 Å². The minimum absolute atomic E-state index is 0.521. The van der Waals surface area contributed by atoms with E-state index in [1.807, 2.05) is 54.6 Å². The Balaban J connectivity index is 1.64. The van der Waals surface area contributed by atoms with Gasteiger partial charge in [-0.15, -0.1) is 0 Å². The molecule has 1 aliphatic heterocycles. The van der Waals surface area contributed by atoms with Crippen LogP contribution < -0.4 is 4.74 Å². The maximum atomic E-state index is 9.95. The molecule has 0 aromatic heterocycles. The summed E-state index contributed by atoms with van der Waals surface area (Å²) in [6, 6.07) is 22.9. The number of piperidine rings is 1. The predicted octanol–water partition coefficient (Wildman–Crippen LogP) is 6.72. The zero-order chi connectivity index (χ0) is 24.5. The Morgan fingerprint density at radius 3 is 2.43 bits per heavy atom. The highest BCUT2D eigenvalue weighted by Gasteiger charge is 2.15. The van der Waals surface area contributed by atoms with Crippen molar-refractivity contribution in [2.24, 2.45) is 0 Å². The molecule has 1 aliphatic rings. The van der Waals surface area contributed by atoms with Gasteiger partial charge < -0.3 is 9.47 Å². The summed E-state index contributed by atoms with van der Waals surface area (Å²) in [7, 11) is 1.69. The lowest BCUT2D eigenvalue weighted by Crippen LogP contribution is -2.29. The highest BCUT2D eigenvalue weighted by atomic mass is 16.5. The van der Waals surface area contributed by atoms with Crippen molar-refractivity contribution in [2.75, 3.05) is 33.4 Å². The van der Waals surface area contributed by atoms with Crippen LogP contribution in [0.2, 0.25) is 0 Å². The van der Waals surface area contributed by atoms with Crippen LogP contribution in [0.5, 0.6) is 5.75 Å². The van der Waals surface area contributed by atoms with E-state index >= 15 is 0 Å². The summed E-state index contributed by atoms with van der Waals surface area (Å²) in [5, 5.41) is 9.95. The summed E-state index contributed by atoms with van der Waals surface area (Å²) in [4.78, 5) is 2.52. The number of nitrogens with zero attached hydrogens (tertiary/aromatic N) is 2. The molecule has 0 saturated carbocycles. The third-order valence-electron chi connectivity index (χ3n) is 6.57. The highest BCUT2D eigenvalue weighted by Crippen LogP contribution is 2.30. The fourth-order valence-corrected chi connectivity index (χ4v) is 4.67. The zero-order valence-electron chi connectivity index (χ0n) is 20.8. The second kappa shape index (κ2) is 12.4. The lowest BCUT2D eigenvalue weighted by atomic mass is 9.95.